The van der Waals surface area contributed by atoms with Gasteiger partial charge in [0.2, 0.25) is 59.1 Å². The van der Waals surface area contributed by atoms with Crippen molar-refractivity contribution in [1.29, 1.82) is 0 Å². The molecule has 26 heteroatoms. The quantitative estimate of drug-likeness (QED) is 0.0389. The molecular formula is C65H112N16O10. The van der Waals surface area contributed by atoms with E-state index in [1.165, 1.54) is 0 Å². The fourth-order valence-electron chi connectivity index (χ4n) is 10.2. The molecule has 0 aliphatic rings. The molecule has 10 amide bonds. The van der Waals surface area contributed by atoms with Gasteiger partial charge < -0.3 is 88.0 Å². The molecule has 0 aliphatic carbocycles. The molecule has 2 aromatic carbocycles. The van der Waals surface area contributed by atoms with Crippen molar-refractivity contribution in [3.05, 3.63) is 71.8 Å². The summed E-state index contributed by atoms with van der Waals surface area (Å²) in [5.41, 5.74) is 42.0. The van der Waals surface area contributed by atoms with E-state index in [0.29, 0.717) is 108 Å². The molecule has 2 aromatic rings. The molecule has 0 aromatic heterocycles. The molecule has 10 atom stereocenters. The monoisotopic (exact) mass is 1280 g/mol. The summed E-state index contributed by atoms with van der Waals surface area (Å²) in [6, 6.07) is 6.16. The van der Waals surface area contributed by atoms with Crippen molar-refractivity contribution >= 4 is 59.1 Å². The van der Waals surface area contributed by atoms with Crippen molar-refractivity contribution in [1.82, 2.24) is 47.9 Å². The SMILES string of the molecule is CC(C)C[C@H](NC(=O)[C@H](CCCCN)NC(=O)[C@H](Cc1ccccc1)NC(=O)[C@H](CC(C)C)NC(=O)[C@@H](NC(=O)[C@H](CCCCN)NC(=O)[C@@H](N)CCCCN)C(C)C)C(=O)N[C@@H](CCCCN)C(=O)N[C@@H](Cc1ccccc1)C(=O)N[C@@H](CCCCN)C(N)=O. The highest BCUT2D eigenvalue weighted by atomic mass is 16.2. The van der Waals surface area contributed by atoms with Crippen LogP contribution in [0.2, 0.25) is 0 Å². The molecule has 0 radical (unpaired) electrons. The number of carbonyl (C=O) groups is 10. The smallest absolute Gasteiger partial charge is 0.243 e. The Hall–Kier alpha value is -7.10. The maximum atomic E-state index is 14.8. The zero-order valence-corrected chi connectivity index (χ0v) is 54.9. The van der Waals surface area contributed by atoms with Gasteiger partial charge in [0.1, 0.15) is 54.4 Å². The number of hydrogen-bond donors (Lipinski definition) is 16. The minimum Gasteiger partial charge on any atom is -0.368 e. The number of unbranched alkanes of at least 4 members (excludes halogenated alkanes) is 5. The normalized spacial score (nSPS) is 14.7. The molecule has 0 fully saturated rings. The lowest BCUT2D eigenvalue weighted by Gasteiger charge is -2.30. The molecule has 2 rings (SSSR count). The second kappa shape index (κ2) is 45.2. The van der Waals surface area contributed by atoms with Crippen molar-refractivity contribution < 1.29 is 47.9 Å². The van der Waals surface area contributed by atoms with Crippen molar-refractivity contribution in [3.8, 4) is 0 Å². The average Bonchev–Trinajstić information content (AvgIpc) is 2.61. The van der Waals surface area contributed by atoms with Crippen LogP contribution in [-0.4, -0.2) is 152 Å². The van der Waals surface area contributed by atoms with Gasteiger partial charge in [0, 0.05) is 12.8 Å². The molecule has 26 nitrogen and oxygen atoms in total. The van der Waals surface area contributed by atoms with Crippen LogP contribution in [0.3, 0.4) is 0 Å². The number of nitrogens with two attached hydrogens (primary N) is 7. The number of amides is 10. The zero-order chi connectivity index (χ0) is 67.8. The minimum atomic E-state index is -1.32. The van der Waals surface area contributed by atoms with E-state index in [2.05, 4.69) is 47.9 Å². The summed E-state index contributed by atoms with van der Waals surface area (Å²) >= 11 is 0. The van der Waals surface area contributed by atoms with E-state index in [-0.39, 0.29) is 69.7 Å². The molecule has 0 saturated heterocycles. The second-order valence-corrected chi connectivity index (χ2v) is 24.8. The van der Waals surface area contributed by atoms with Crippen LogP contribution in [0.1, 0.15) is 162 Å². The van der Waals surface area contributed by atoms with Crippen molar-refractivity contribution in [2.45, 2.75) is 224 Å². The summed E-state index contributed by atoms with van der Waals surface area (Å²) in [5, 5.41) is 25.2. The van der Waals surface area contributed by atoms with Gasteiger partial charge in [0.25, 0.3) is 0 Å². The first-order chi connectivity index (χ1) is 43.4. The summed E-state index contributed by atoms with van der Waals surface area (Å²) in [5.74, 6) is -7.70. The van der Waals surface area contributed by atoms with E-state index in [9.17, 15) is 47.9 Å². The molecule has 0 heterocycles. The first-order valence-electron chi connectivity index (χ1n) is 32.8. The fraction of sp³-hybridized carbons (Fsp3) is 0.662. The Labute approximate surface area is 539 Å². The first-order valence-corrected chi connectivity index (χ1v) is 32.8. The highest BCUT2D eigenvalue weighted by Crippen LogP contribution is 2.15. The third kappa shape index (κ3) is 32.2. The summed E-state index contributed by atoms with van der Waals surface area (Å²) in [6.45, 7) is 12.6. The molecular weight excluding hydrogens is 1160 g/mol. The van der Waals surface area contributed by atoms with Gasteiger partial charge in [-0.25, -0.2) is 0 Å². The van der Waals surface area contributed by atoms with Crippen LogP contribution in [0.4, 0.5) is 0 Å². The molecule has 91 heavy (non-hydrogen) atoms. The largest absolute Gasteiger partial charge is 0.368 e. The average molecular weight is 1280 g/mol. The van der Waals surface area contributed by atoms with Gasteiger partial charge in [-0.3, -0.25) is 47.9 Å². The third-order valence-electron chi connectivity index (χ3n) is 15.4. The lowest BCUT2D eigenvalue weighted by molar-refractivity contribution is -0.136. The topological polar surface area (TPSA) is 461 Å². The van der Waals surface area contributed by atoms with Crippen molar-refractivity contribution in [3.63, 3.8) is 0 Å². The number of hydrogen-bond acceptors (Lipinski definition) is 16. The Morgan fingerprint density at radius 3 is 0.945 bits per heavy atom. The van der Waals surface area contributed by atoms with Gasteiger partial charge >= 0.3 is 0 Å². The second-order valence-electron chi connectivity index (χ2n) is 24.8. The van der Waals surface area contributed by atoms with Gasteiger partial charge in [-0.05, 0) is 164 Å². The summed E-state index contributed by atoms with van der Waals surface area (Å²) < 4.78 is 0. The Bertz CT molecular complexity index is 2510. The summed E-state index contributed by atoms with van der Waals surface area (Å²) in [7, 11) is 0. The summed E-state index contributed by atoms with van der Waals surface area (Å²) in [4.78, 5) is 141. The van der Waals surface area contributed by atoms with Crippen molar-refractivity contribution in [2.75, 3.05) is 32.7 Å². The van der Waals surface area contributed by atoms with Crippen LogP contribution in [-0.2, 0) is 60.8 Å². The number of primary amides is 1. The molecule has 0 aliphatic heterocycles. The van der Waals surface area contributed by atoms with Gasteiger partial charge in [0.15, 0.2) is 0 Å². The number of benzene rings is 2. The van der Waals surface area contributed by atoms with E-state index < -0.39 is 125 Å². The van der Waals surface area contributed by atoms with Crippen LogP contribution in [0, 0.1) is 17.8 Å². The molecule has 0 spiro atoms. The summed E-state index contributed by atoms with van der Waals surface area (Å²) in [6.07, 6.45) is 6.43. The highest BCUT2D eigenvalue weighted by Gasteiger charge is 2.37. The van der Waals surface area contributed by atoms with Crippen LogP contribution in [0.15, 0.2) is 60.7 Å². The molecule has 0 unspecified atom stereocenters. The predicted octanol–water partition coefficient (Wildman–Crippen LogP) is 0.0408. The lowest BCUT2D eigenvalue weighted by Crippen LogP contribution is -2.61. The van der Waals surface area contributed by atoms with E-state index in [1.807, 2.05) is 27.7 Å². The number of rotatable bonds is 48. The fourth-order valence-corrected chi connectivity index (χ4v) is 10.2. The van der Waals surface area contributed by atoms with E-state index in [1.54, 1.807) is 74.5 Å². The van der Waals surface area contributed by atoms with Gasteiger partial charge in [-0.15, -0.1) is 0 Å². The third-order valence-corrected chi connectivity index (χ3v) is 15.4. The zero-order valence-electron chi connectivity index (χ0n) is 54.9. The Morgan fingerprint density at radius 2 is 0.604 bits per heavy atom. The number of carbonyl (C=O) groups excluding carboxylic acids is 10. The maximum Gasteiger partial charge on any atom is 0.243 e. The Kier molecular flexibility index (Phi) is 39.7. The van der Waals surface area contributed by atoms with Crippen LogP contribution in [0.25, 0.3) is 0 Å². The highest BCUT2D eigenvalue weighted by molar-refractivity contribution is 5.99. The maximum absolute atomic E-state index is 14.8. The standard InChI is InChI=1S/C65H112N16O10/c1-41(2)37-51(61(87)75-49(30-16-21-35-69)59(85)78-53(39-44-23-9-7-10-24-44)63(89)73-47(56(72)82)28-14-19-33-67)77-58(84)48(29-15-20-34-68)76-64(90)54(40-45-25-11-8-12-26-45)79-62(88)52(38-42(3)4)80-65(91)55(43(5)6)81-60(86)50(31-17-22-36-70)74-57(83)46(71)27-13-18-32-66/h7-12,23-26,41-43,46-55H,13-22,27-40,66-71H2,1-6H3,(H2,72,82)(H,73,89)(H,74,83)(H,75,87)(H,76,90)(H,77,84)(H,78,85)(H,79,88)(H,80,91)(H,81,86)/t46-,47-,48-,49-,50-,51-,52-,53-,54-,55-/m0/s1. The predicted molar refractivity (Wildman–Crippen MR) is 353 cm³/mol. The van der Waals surface area contributed by atoms with Gasteiger partial charge in [0.05, 0.1) is 6.04 Å². The van der Waals surface area contributed by atoms with Gasteiger partial charge in [-0.2, -0.15) is 0 Å². The van der Waals surface area contributed by atoms with E-state index >= 15 is 0 Å². The van der Waals surface area contributed by atoms with Crippen LogP contribution >= 0.6 is 0 Å². The molecule has 0 saturated carbocycles. The van der Waals surface area contributed by atoms with Crippen LogP contribution in [0.5, 0.6) is 0 Å². The molecule has 23 N–H and O–H groups in total. The van der Waals surface area contributed by atoms with Crippen molar-refractivity contribution in [2.24, 2.45) is 57.9 Å². The first kappa shape index (κ1) is 80.0. The van der Waals surface area contributed by atoms with Crippen LogP contribution < -0.4 is 88.0 Å². The van der Waals surface area contributed by atoms with E-state index in [4.69, 9.17) is 40.1 Å². The lowest BCUT2D eigenvalue weighted by atomic mass is 9.98. The van der Waals surface area contributed by atoms with E-state index in [0.717, 1.165) is 0 Å². The Balaban J connectivity index is 2.52. The molecule has 0 bridgehead atoms. The van der Waals surface area contributed by atoms with Gasteiger partial charge in [-0.1, -0.05) is 109 Å². The Morgan fingerprint density at radius 1 is 0.330 bits per heavy atom. The minimum absolute atomic E-state index is 0.0269. The molecule has 512 valence electrons. The number of nitrogens with one attached hydrogen (secondary N) is 9.